The van der Waals surface area contributed by atoms with Gasteiger partial charge in [-0.2, -0.15) is 0 Å². The van der Waals surface area contributed by atoms with Gasteiger partial charge in [-0.1, -0.05) is 38.3 Å². The number of aliphatic hydroxyl groups is 1. The molecular weight excluding hydrogens is 224 g/mol. The molecular formula is C16H24O2. The molecule has 1 aliphatic rings. The van der Waals surface area contributed by atoms with Gasteiger partial charge in [0.1, 0.15) is 5.75 Å². The van der Waals surface area contributed by atoms with Gasteiger partial charge < -0.3 is 9.84 Å². The lowest BCUT2D eigenvalue weighted by Crippen LogP contribution is -2.19. The Hall–Kier alpha value is -1.02. The maximum absolute atomic E-state index is 8.97. The number of hydrogen-bond donors (Lipinski definition) is 1. The van der Waals surface area contributed by atoms with Crippen LogP contribution < -0.4 is 4.74 Å². The smallest absolute Gasteiger partial charge is 0.119 e. The van der Waals surface area contributed by atoms with Crippen molar-refractivity contribution in [1.29, 1.82) is 0 Å². The summed E-state index contributed by atoms with van der Waals surface area (Å²) < 4.78 is 5.83. The molecule has 1 N–H and O–H groups in total. The Morgan fingerprint density at radius 1 is 1.06 bits per heavy atom. The van der Waals surface area contributed by atoms with E-state index in [1.54, 1.807) is 0 Å². The third kappa shape index (κ3) is 3.74. The summed E-state index contributed by atoms with van der Waals surface area (Å²) in [5, 5.41) is 8.97. The molecule has 0 aliphatic heterocycles. The van der Waals surface area contributed by atoms with Gasteiger partial charge in [0.05, 0.1) is 13.2 Å². The monoisotopic (exact) mass is 248 g/mol. The zero-order valence-electron chi connectivity index (χ0n) is 11.3. The molecule has 0 atom stereocenters. The largest absolute Gasteiger partial charge is 0.493 e. The van der Waals surface area contributed by atoms with Crippen molar-refractivity contribution in [3.8, 4) is 5.75 Å². The molecule has 100 valence electrons. The number of benzene rings is 1. The highest BCUT2D eigenvalue weighted by Crippen LogP contribution is 2.30. The first-order valence-electron chi connectivity index (χ1n) is 7.14. The molecule has 2 rings (SSSR count). The molecule has 0 saturated heterocycles. The van der Waals surface area contributed by atoms with E-state index in [4.69, 9.17) is 9.84 Å². The van der Waals surface area contributed by atoms with Gasteiger partial charge in [0, 0.05) is 0 Å². The van der Waals surface area contributed by atoms with Crippen LogP contribution in [0.4, 0.5) is 0 Å². The summed E-state index contributed by atoms with van der Waals surface area (Å²) >= 11 is 0. The Morgan fingerprint density at radius 3 is 2.22 bits per heavy atom. The standard InChI is InChI=1S/C16H24O2/c1-2-13-3-5-15(6-4-13)12-18-16-9-7-14(11-17)8-10-16/h7-10,13,15,17H,2-6,11-12H2,1H3. The van der Waals surface area contributed by atoms with E-state index in [1.807, 2.05) is 24.3 Å². The Bertz CT molecular complexity index is 337. The molecule has 18 heavy (non-hydrogen) atoms. The summed E-state index contributed by atoms with van der Waals surface area (Å²) in [6, 6.07) is 7.74. The second kappa shape index (κ2) is 6.79. The summed E-state index contributed by atoms with van der Waals surface area (Å²) in [5.74, 6) is 2.60. The first-order chi connectivity index (χ1) is 8.81. The average molecular weight is 248 g/mol. The molecule has 0 bridgehead atoms. The number of hydrogen-bond acceptors (Lipinski definition) is 2. The van der Waals surface area contributed by atoms with E-state index in [0.717, 1.165) is 29.8 Å². The van der Waals surface area contributed by atoms with Crippen LogP contribution in [-0.4, -0.2) is 11.7 Å². The van der Waals surface area contributed by atoms with Crippen molar-refractivity contribution >= 4 is 0 Å². The van der Waals surface area contributed by atoms with Crippen molar-refractivity contribution in [1.82, 2.24) is 0 Å². The van der Waals surface area contributed by atoms with Gasteiger partial charge in [0.15, 0.2) is 0 Å². The lowest BCUT2D eigenvalue weighted by atomic mass is 9.81. The molecule has 0 aromatic heterocycles. The van der Waals surface area contributed by atoms with Crippen LogP contribution in [0, 0.1) is 11.8 Å². The van der Waals surface area contributed by atoms with E-state index in [-0.39, 0.29) is 6.61 Å². The zero-order valence-corrected chi connectivity index (χ0v) is 11.3. The van der Waals surface area contributed by atoms with Crippen LogP contribution in [0.3, 0.4) is 0 Å². The Labute approximate surface area is 110 Å². The summed E-state index contributed by atoms with van der Waals surface area (Å²) in [4.78, 5) is 0. The number of aliphatic hydroxyl groups excluding tert-OH is 1. The molecule has 0 heterocycles. The fourth-order valence-electron chi connectivity index (χ4n) is 2.71. The fourth-order valence-corrected chi connectivity index (χ4v) is 2.71. The van der Waals surface area contributed by atoms with Gasteiger partial charge in [0.25, 0.3) is 0 Å². The van der Waals surface area contributed by atoms with Crippen LogP contribution in [0.25, 0.3) is 0 Å². The van der Waals surface area contributed by atoms with Crippen LogP contribution in [0.15, 0.2) is 24.3 Å². The molecule has 1 aliphatic carbocycles. The lowest BCUT2D eigenvalue weighted by molar-refractivity contribution is 0.181. The third-order valence-corrected chi connectivity index (χ3v) is 4.14. The van der Waals surface area contributed by atoms with E-state index in [0.29, 0.717) is 0 Å². The van der Waals surface area contributed by atoms with Crippen LogP contribution in [0.5, 0.6) is 5.75 Å². The lowest BCUT2D eigenvalue weighted by Gasteiger charge is -2.27. The minimum Gasteiger partial charge on any atom is -0.493 e. The molecule has 0 spiro atoms. The summed E-state index contributed by atoms with van der Waals surface area (Å²) in [5.41, 5.74) is 0.936. The number of ether oxygens (including phenoxy) is 1. The topological polar surface area (TPSA) is 29.5 Å². The first-order valence-corrected chi connectivity index (χ1v) is 7.14. The molecule has 0 radical (unpaired) electrons. The third-order valence-electron chi connectivity index (χ3n) is 4.14. The molecule has 2 nitrogen and oxygen atoms in total. The maximum atomic E-state index is 8.97. The summed E-state index contributed by atoms with van der Waals surface area (Å²) in [6.07, 6.45) is 6.69. The quantitative estimate of drug-likeness (QED) is 0.859. The van der Waals surface area contributed by atoms with Crippen molar-refractivity contribution < 1.29 is 9.84 Å². The molecule has 1 aromatic carbocycles. The zero-order chi connectivity index (χ0) is 12.8. The van der Waals surface area contributed by atoms with Crippen LogP contribution in [0.1, 0.15) is 44.6 Å². The van der Waals surface area contributed by atoms with Crippen LogP contribution in [-0.2, 0) is 6.61 Å². The minimum absolute atomic E-state index is 0.0985. The molecule has 1 saturated carbocycles. The highest BCUT2D eigenvalue weighted by Gasteiger charge is 2.20. The van der Waals surface area contributed by atoms with Crippen molar-refractivity contribution in [2.45, 2.75) is 45.6 Å². The summed E-state index contributed by atoms with van der Waals surface area (Å²) in [7, 11) is 0. The fraction of sp³-hybridized carbons (Fsp3) is 0.625. The maximum Gasteiger partial charge on any atom is 0.119 e. The van der Waals surface area contributed by atoms with Gasteiger partial charge in [-0.3, -0.25) is 0 Å². The normalized spacial score (nSPS) is 23.9. The highest BCUT2D eigenvalue weighted by atomic mass is 16.5. The predicted octanol–water partition coefficient (Wildman–Crippen LogP) is 3.77. The van der Waals surface area contributed by atoms with Crippen LogP contribution in [0.2, 0.25) is 0 Å². The molecule has 0 amide bonds. The van der Waals surface area contributed by atoms with Gasteiger partial charge in [-0.25, -0.2) is 0 Å². The van der Waals surface area contributed by atoms with Crippen molar-refractivity contribution in [2.75, 3.05) is 6.61 Å². The van der Waals surface area contributed by atoms with Crippen molar-refractivity contribution in [3.63, 3.8) is 0 Å². The Morgan fingerprint density at radius 2 is 1.67 bits per heavy atom. The van der Waals surface area contributed by atoms with Gasteiger partial charge in [0.2, 0.25) is 0 Å². The number of rotatable bonds is 5. The van der Waals surface area contributed by atoms with Crippen molar-refractivity contribution in [3.05, 3.63) is 29.8 Å². The molecule has 0 unspecified atom stereocenters. The van der Waals surface area contributed by atoms with Gasteiger partial charge in [-0.15, -0.1) is 0 Å². The molecule has 2 heteroatoms. The second-order valence-corrected chi connectivity index (χ2v) is 5.41. The SMILES string of the molecule is CCC1CCC(COc2ccc(CO)cc2)CC1. The predicted molar refractivity (Wildman–Crippen MR) is 73.6 cm³/mol. The molecule has 1 aromatic rings. The van der Waals surface area contributed by atoms with Gasteiger partial charge in [-0.05, 0) is 42.4 Å². The average Bonchev–Trinajstić information content (AvgIpc) is 2.46. The minimum atomic E-state index is 0.0985. The van der Waals surface area contributed by atoms with Crippen LogP contribution >= 0.6 is 0 Å². The van der Waals surface area contributed by atoms with E-state index < -0.39 is 0 Å². The van der Waals surface area contributed by atoms with Gasteiger partial charge >= 0.3 is 0 Å². The van der Waals surface area contributed by atoms with E-state index in [1.165, 1.54) is 32.1 Å². The second-order valence-electron chi connectivity index (χ2n) is 5.41. The Kier molecular flexibility index (Phi) is 5.06. The molecule has 1 fully saturated rings. The highest BCUT2D eigenvalue weighted by molar-refractivity contribution is 5.26. The summed E-state index contributed by atoms with van der Waals surface area (Å²) in [6.45, 7) is 3.24. The van der Waals surface area contributed by atoms with E-state index >= 15 is 0 Å². The van der Waals surface area contributed by atoms with E-state index in [2.05, 4.69) is 6.92 Å². The first kappa shape index (κ1) is 13.4. The van der Waals surface area contributed by atoms with Crippen molar-refractivity contribution in [2.24, 2.45) is 11.8 Å². The Balaban J connectivity index is 1.74. The van der Waals surface area contributed by atoms with E-state index in [9.17, 15) is 0 Å².